The van der Waals surface area contributed by atoms with Crippen molar-refractivity contribution in [1.82, 2.24) is 24.9 Å². The molecule has 10 nitrogen and oxygen atoms in total. The zero-order valence-electron chi connectivity index (χ0n) is 16.7. The van der Waals surface area contributed by atoms with Gasteiger partial charge in [0.2, 0.25) is 5.95 Å². The number of benzene rings is 1. The van der Waals surface area contributed by atoms with E-state index >= 15 is 0 Å². The van der Waals surface area contributed by atoms with Crippen molar-refractivity contribution in [3.8, 4) is 22.6 Å². The Morgan fingerprint density at radius 2 is 1.84 bits per heavy atom. The van der Waals surface area contributed by atoms with Gasteiger partial charge in [-0.25, -0.2) is 19.9 Å². The van der Waals surface area contributed by atoms with E-state index < -0.39 is 4.92 Å². The molecule has 0 atom stereocenters. The van der Waals surface area contributed by atoms with Gasteiger partial charge in [-0.15, -0.1) is 0 Å². The van der Waals surface area contributed by atoms with Crippen LogP contribution in [-0.2, 0) is 0 Å². The monoisotopic (exact) mass is 416 g/mol. The lowest BCUT2D eigenvalue weighted by Gasteiger charge is -2.12. The van der Waals surface area contributed by atoms with Crippen LogP contribution in [0, 0.1) is 17.0 Å². The van der Waals surface area contributed by atoms with Crippen LogP contribution in [0.4, 0.5) is 17.5 Å². The first kappa shape index (κ1) is 20.0. The smallest absolute Gasteiger partial charge is 0.287 e. The second kappa shape index (κ2) is 8.99. The summed E-state index contributed by atoms with van der Waals surface area (Å²) in [6.45, 7) is 3.11. The van der Waals surface area contributed by atoms with Gasteiger partial charge in [0.1, 0.15) is 17.8 Å². The summed E-state index contributed by atoms with van der Waals surface area (Å²) in [5.74, 6) is 1.75. The number of nitro groups is 1. The molecule has 0 saturated heterocycles. The molecule has 0 aliphatic heterocycles. The minimum absolute atomic E-state index is 0.0440. The van der Waals surface area contributed by atoms with E-state index in [1.54, 1.807) is 24.7 Å². The molecule has 3 N–H and O–H groups in total. The molecule has 156 valence electrons. The van der Waals surface area contributed by atoms with Crippen LogP contribution in [0.15, 0.2) is 61.2 Å². The Bertz CT molecular complexity index is 1180. The van der Waals surface area contributed by atoms with Gasteiger partial charge in [0.15, 0.2) is 0 Å². The molecule has 0 fully saturated rings. The molecule has 0 unspecified atom stereocenters. The third kappa shape index (κ3) is 4.64. The molecule has 10 heteroatoms. The van der Waals surface area contributed by atoms with Crippen LogP contribution in [0.2, 0.25) is 0 Å². The molecule has 0 amide bonds. The maximum Gasteiger partial charge on any atom is 0.287 e. The molecule has 0 spiro atoms. The van der Waals surface area contributed by atoms with Crippen molar-refractivity contribution in [2.45, 2.75) is 6.92 Å². The number of H-pyrrole nitrogens is 1. The van der Waals surface area contributed by atoms with Gasteiger partial charge in [0, 0.05) is 43.3 Å². The summed E-state index contributed by atoms with van der Waals surface area (Å²) in [6, 6.07) is 11.0. The van der Waals surface area contributed by atoms with Crippen molar-refractivity contribution >= 4 is 17.5 Å². The van der Waals surface area contributed by atoms with Crippen molar-refractivity contribution < 1.29 is 4.92 Å². The number of nitrogens with one attached hydrogen (secondary N) is 3. The molecule has 0 aliphatic carbocycles. The number of hydrogen-bond acceptors (Lipinski definition) is 8. The summed E-state index contributed by atoms with van der Waals surface area (Å²) in [5, 5.41) is 17.0. The molecule has 31 heavy (non-hydrogen) atoms. The fraction of sp³-hybridized carbons (Fsp3) is 0.143. The zero-order valence-corrected chi connectivity index (χ0v) is 16.7. The molecule has 0 radical (unpaired) electrons. The van der Waals surface area contributed by atoms with Crippen LogP contribution in [0.5, 0.6) is 0 Å². The van der Waals surface area contributed by atoms with E-state index in [0.29, 0.717) is 30.7 Å². The number of imidazole rings is 1. The van der Waals surface area contributed by atoms with E-state index in [0.717, 1.165) is 22.4 Å². The number of aromatic amines is 1. The van der Waals surface area contributed by atoms with Crippen LogP contribution in [0.1, 0.15) is 5.56 Å². The quantitative estimate of drug-likeness (QED) is 0.225. The van der Waals surface area contributed by atoms with Gasteiger partial charge in [-0.2, -0.15) is 0 Å². The molecule has 0 bridgehead atoms. The highest BCUT2D eigenvalue weighted by atomic mass is 16.6. The number of hydrogen-bond donors (Lipinski definition) is 3. The first-order valence-electron chi connectivity index (χ1n) is 9.63. The fourth-order valence-electron chi connectivity index (χ4n) is 3.06. The Labute approximate surface area is 178 Å². The number of aryl methyl sites for hydroxylation is 1. The number of aromatic nitrogens is 5. The number of pyridine rings is 1. The first-order valence-corrected chi connectivity index (χ1v) is 9.63. The van der Waals surface area contributed by atoms with E-state index in [1.807, 2.05) is 31.2 Å². The highest BCUT2D eigenvalue weighted by molar-refractivity contribution is 5.79. The third-order valence-electron chi connectivity index (χ3n) is 4.62. The molecule has 3 aromatic heterocycles. The molecule has 0 aliphatic rings. The minimum Gasteiger partial charge on any atom is -0.368 e. The lowest BCUT2D eigenvalue weighted by Crippen LogP contribution is -2.16. The van der Waals surface area contributed by atoms with E-state index in [2.05, 4.69) is 30.6 Å². The van der Waals surface area contributed by atoms with E-state index in [4.69, 9.17) is 4.98 Å². The number of anilines is 2. The summed E-state index contributed by atoms with van der Waals surface area (Å²) in [4.78, 5) is 30.9. The predicted octanol–water partition coefficient (Wildman–Crippen LogP) is 3.67. The summed E-state index contributed by atoms with van der Waals surface area (Å²) in [7, 11) is 0. The van der Waals surface area contributed by atoms with Crippen LogP contribution in [0.25, 0.3) is 22.6 Å². The second-order valence-corrected chi connectivity index (χ2v) is 6.72. The SMILES string of the molecule is Cc1ccccc1-c1nc(NCCNc2ccc([N+](=O)[O-])cn2)ncc1-c1ncc[nH]1. The maximum absolute atomic E-state index is 10.7. The molecule has 3 heterocycles. The minimum atomic E-state index is -0.478. The van der Waals surface area contributed by atoms with Crippen LogP contribution >= 0.6 is 0 Å². The van der Waals surface area contributed by atoms with E-state index in [9.17, 15) is 10.1 Å². The van der Waals surface area contributed by atoms with Gasteiger partial charge in [-0.3, -0.25) is 10.1 Å². The van der Waals surface area contributed by atoms with Gasteiger partial charge in [0.25, 0.3) is 5.69 Å². The van der Waals surface area contributed by atoms with Crippen LogP contribution in [-0.4, -0.2) is 42.9 Å². The lowest BCUT2D eigenvalue weighted by molar-refractivity contribution is -0.385. The van der Waals surface area contributed by atoms with Crippen molar-refractivity contribution in [3.05, 3.63) is 76.9 Å². The largest absolute Gasteiger partial charge is 0.368 e. The topological polar surface area (TPSA) is 135 Å². The molecular weight excluding hydrogens is 396 g/mol. The summed E-state index contributed by atoms with van der Waals surface area (Å²) >= 11 is 0. The molecule has 4 rings (SSSR count). The Morgan fingerprint density at radius 1 is 1.00 bits per heavy atom. The van der Waals surface area contributed by atoms with Crippen molar-refractivity contribution in [2.75, 3.05) is 23.7 Å². The standard InChI is InChI=1S/C21H20N8O2/c1-14-4-2-3-5-16(14)19-17(20-23-9-10-24-20)13-27-21(28-19)25-11-8-22-18-7-6-15(12-26-18)29(30)31/h2-7,9-10,12-13H,8,11H2,1H3,(H,22,26)(H,23,24)(H,25,27,28). The van der Waals surface area contributed by atoms with Crippen molar-refractivity contribution in [2.24, 2.45) is 0 Å². The van der Waals surface area contributed by atoms with Gasteiger partial charge < -0.3 is 15.6 Å². The molecular formula is C21H20N8O2. The average Bonchev–Trinajstić information content (AvgIpc) is 3.32. The number of nitrogens with zero attached hydrogens (tertiary/aromatic N) is 5. The zero-order chi connectivity index (χ0) is 21.6. The fourth-order valence-corrected chi connectivity index (χ4v) is 3.06. The van der Waals surface area contributed by atoms with Crippen LogP contribution in [0.3, 0.4) is 0 Å². The van der Waals surface area contributed by atoms with Gasteiger partial charge >= 0.3 is 0 Å². The summed E-state index contributed by atoms with van der Waals surface area (Å²) < 4.78 is 0. The number of rotatable bonds is 8. The first-order chi connectivity index (χ1) is 15.1. The van der Waals surface area contributed by atoms with Crippen LogP contribution < -0.4 is 10.6 Å². The van der Waals surface area contributed by atoms with Crippen molar-refractivity contribution in [1.29, 1.82) is 0 Å². The molecule has 1 aromatic carbocycles. The lowest BCUT2D eigenvalue weighted by atomic mass is 10.0. The average molecular weight is 416 g/mol. The Morgan fingerprint density at radius 3 is 2.55 bits per heavy atom. The maximum atomic E-state index is 10.7. The Balaban J connectivity index is 1.47. The molecule has 4 aromatic rings. The highest BCUT2D eigenvalue weighted by Crippen LogP contribution is 2.30. The van der Waals surface area contributed by atoms with Gasteiger partial charge in [-0.05, 0) is 18.6 Å². The Hall–Kier alpha value is -4.34. The normalized spacial score (nSPS) is 10.6. The second-order valence-electron chi connectivity index (χ2n) is 6.72. The highest BCUT2D eigenvalue weighted by Gasteiger charge is 2.15. The predicted molar refractivity (Wildman–Crippen MR) is 118 cm³/mol. The van der Waals surface area contributed by atoms with Gasteiger partial charge in [0.05, 0.1) is 16.2 Å². The summed E-state index contributed by atoms with van der Waals surface area (Å²) in [5.41, 5.74) is 3.67. The summed E-state index contributed by atoms with van der Waals surface area (Å²) in [6.07, 6.45) is 6.43. The van der Waals surface area contributed by atoms with E-state index in [-0.39, 0.29) is 5.69 Å². The third-order valence-corrected chi connectivity index (χ3v) is 4.62. The Kier molecular flexibility index (Phi) is 5.79. The van der Waals surface area contributed by atoms with E-state index in [1.165, 1.54) is 12.3 Å². The van der Waals surface area contributed by atoms with Gasteiger partial charge in [-0.1, -0.05) is 24.3 Å². The van der Waals surface area contributed by atoms with Crippen molar-refractivity contribution in [3.63, 3.8) is 0 Å². The molecule has 0 saturated carbocycles.